The van der Waals surface area contributed by atoms with Crippen molar-refractivity contribution in [2.75, 3.05) is 13.1 Å². The molecule has 0 aromatic heterocycles. The molecule has 1 aromatic carbocycles. The summed E-state index contributed by atoms with van der Waals surface area (Å²) in [4.78, 5) is 11.7. The van der Waals surface area contributed by atoms with E-state index < -0.39 is 17.4 Å². The van der Waals surface area contributed by atoms with Gasteiger partial charge in [-0.05, 0) is 18.7 Å². The highest BCUT2D eigenvalue weighted by atomic mass is 79.9. The minimum absolute atomic E-state index is 0.0103. The summed E-state index contributed by atoms with van der Waals surface area (Å²) in [5, 5.41) is 5.23. The Morgan fingerprint density at radius 2 is 2.33 bits per heavy atom. The molecular formula is C12H13BrF2N2O. The Morgan fingerprint density at radius 1 is 1.56 bits per heavy atom. The van der Waals surface area contributed by atoms with Gasteiger partial charge in [-0.2, -0.15) is 0 Å². The minimum atomic E-state index is -1.87. The van der Waals surface area contributed by atoms with Crippen LogP contribution in [0, 0.1) is 5.82 Å². The number of carbonyl (C=O) groups excluding carboxylic acids is 1. The maximum absolute atomic E-state index is 14.0. The number of rotatable bonds is 3. The molecule has 0 spiro atoms. The third kappa shape index (κ3) is 2.87. The molecule has 1 amide bonds. The van der Waals surface area contributed by atoms with Gasteiger partial charge in [-0.1, -0.05) is 22.0 Å². The largest absolute Gasteiger partial charge is 0.349 e. The molecule has 1 aliphatic heterocycles. The van der Waals surface area contributed by atoms with Crippen LogP contribution in [0.3, 0.4) is 0 Å². The lowest BCUT2D eigenvalue weighted by Gasteiger charge is -2.17. The highest BCUT2D eigenvalue weighted by molar-refractivity contribution is 9.10. The SMILES string of the molecule is O=C(NCc1ccc(Br)cc1F)[C@]1(F)CCNC1. The van der Waals surface area contributed by atoms with E-state index >= 15 is 0 Å². The lowest BCUT2D eigenvalue weighted by molar-refractivity contribution is -0.131. The van der Waals surface area contributed by atoms with Crippen molar-refractivity contribution in [2.24, 2.45) is 0 Å². The molecule has 1 atom stereocenters. The monoisotopic (exact) mass is 318 g/mol. The first-order valence-corrected chi connectivity index (χ1v) is 6.42. The van der Waals surface area contributed by atoms with Gasteiger partial charge in [-0.15, -0.1) is 0 Å². The first-order chi connectivity index (χ1) is 8.51. The Hall–Kier alpha value is -1.01. The Labute approximate surface area is 112 Å². The minimum Gasteiger partial charge on any atom is -0.349 e. The Balaban J connectivity index is 1.97. The van der Waals surface area contributed by atoms with E-state index in [1.165, 1.54) is 6.07 Å². The van der Waals surface area contributed by atoms with Crippen molar-refractivity contribution in [3.8, 4) is 0 Å². The number of carbonyl (C=O) groups is 1. The third-order valence-corrected chi connectivity index (χ3v) is 3.46. The van der Waals surface area contributed by atoms with Crippen LogP contribution in [0.15, 0.2) is 22.7 Å². The van der Waals surface area contributed by atoms with E-state index in [0.29, 0.717) is 16.6 Å². The average molecular weight is 319 g/mol. The highest BCUT2D eigenvalue weighted by Crippen LogP contribution is 2.20. The molecule has 1 fully saturated rings. The van der Waals surface area contributed by atoms with Gasteiger partial charge >= 0.3 is 0 Å². The summed E-state index contributed by atoms with van der Waals surface area (Å²) >= 11 is 3.14. The number of hydrogen-bond donors (Lipinski definition) is 2. The predicted molar refractivity (Wildman–Crippen MR) is 67.3 cm³/mol. The van der Waals surface area contributed by atoms with E-state index in [2.05, 4.69) is 26.6 Å². The zero-order valence-corrected chi connectivity index (χ0v) is 11.2. The fraction of sp³-hybridized carbons (Fsp3) is 0.417. The second-order valence-electron chi connectivity index (χ2n) is 4.31. The van der Waals surface area contributed by atoms with Crippen LogP contribution >= 0.6 is 15.9 Å². The summed E-state index contributed by atoms with van der Waals surface area (Å²) in [6.07, 6.45) is 0.154. The van der Waals surface area contributed by atoms with Gasteiger partial charge in [0.05, 0.1) is 0 Å². The molecule has 1 heterocycles. The molecule has 18 heavy (non-hydrogen) atoms. The molecule has 0 unspecified atom stereocenters. The lowest BCUT2D eigenvalue weighted by Crippen LogP contribution is -2.44. The van der Waals surface area contributed by atoms with Gasteiger partial charge in [0, 0.05) is 29.5 Å². The summed E-state index contributed by atoms with van der Waals surface area (Å²) in [7, 11) is 0. The molecule has 0 aliphatic carbocycles. The normalized spacial score (nSPS) is 23.1. The number of hydrogen-bond acceptors (Lipinski definition) is 2. The molecule has 6 heteroatoms. The zero-order valence-electron chi connectivity index (χ0n) is 9.60. The maximum atomic E-state index is 14.0. The molecule has 1 saturated heterocycles. The number of benzene rings is 1. The summed E-state index contributed by atoms with van der Waals surface area (Å²) in [5.74, 6) is -1.11. The van der Waals surface area contributed by atoms with Crippen molar-refractivity contribution in [3.05, 3.63) is 34.1 Å². The Kier molecular flexibility index (Phi) is 3.97. The van der Waals surface area contributed by atoms with Crippen LogP contribution in [0.1, 0.15) is 12.0 Å². The van der Waals surface area contributed by atoms with E-state index in [1.54, 1.807) is 12.1 Å². The Bertz CT molecular complexity index is 461. The third-order valence-electron chi connectivity index (χ3n) is 2.96. The van der Waals surface area contributed by atoms with Crippen LogP contribution < -0.4 is 10.6 Å². The molecule has 0 bridgehead atoms. The molecule has 0 radical (unpaired) electrons. The summed E-state index contributed by atoms with van der Waals surface area (Å²) < 4.78 is 28.1. The summed E-state index contributed by atoms with van der Waals surface area (Å²) in [5.41, 5.74) is -1.53. The average Bonchev–Trinajstić information content (AvgIpc) is 2.76. The maximum Gasteiger partial charge on any atom is 0.259 e. The van der Waals surface area contributed by atoms with Gasteiger partial charge in [0.15, 0.2) is 0 Å². The standard InChI is InChI=1S/C12H13BrF2N2O/c13-9-2-1-8(10(14)5-9)6-17-11(18)12(15)3-4-16-7-12/h1-2,5,16H,3-4,6-7H2,(H,17,18)/t12-/m0/s1. The second-order valence-corrected chi connectivity index (χ2v) is 5.23. The van der Waals surface area contributed by atoms with Gasteiger partial charge in [-0.25, -0.2) is 8.78 Å². The first-order valence-electron chi connectivity index (χ1n) is 5.63. The second kappa shape index (κ2) is 5.32. The van der Waals surface area contributed by atoms with Gasteiger partial charge in [-0.3, -0.25) is 4.79 Å². The predicted octanol–water partition coefficient (Wildman–Crippen LogP) is 1.91. The van der Waals surface area contributed by atoms with Gasteiger partial charge in [0.25, 0.3) is 5.91 Å². The number of amides is 1. The lowest BCUT2D eigenvalue weighted by atomic mass is 10.0. The number of halogens is 3. The number of alkyl halides is 1. The quantitative estimate of drug-likeness (QED) is 0.894. The smallest absolute Gasteiger partial charge is 0.259 e. The molecule has 2 rings (SSSR count). The molecule has 3 nitrogen and oxygen atoms in total. The highest BCUT2D eigenvalue weighted by Gasteiger charge is 2.41. The van der Waals surface area contributed by atoms with E-state index in [1.807, 2.05) is 0 Å². The molecule has 0 saturated carbocycles. The molecule has 98 valence electrons. The van der Waals surface area contributed by atoms with Crippen LogP contribution in [0.5, 0.6) is 0 Å². The van der Waals surface area contributed by atoms with Crippen LogP contribution in [-0.4, -0.2) is 24.7 Å². The van der Waals surface area contributed by atoms with Gasteiger partial charge < -0.3 is 10.6 Å². The van der Waals surface area contributed by atoms with Crippen LogP contribution in [0.2, 0.25) is 0 Å². The topological polar surface area (TPSA) is 41.1 Å². The molecular weight excluding hydrogens is 306 g/mol. The van der Waals surface area contributed by atoms with Crippen molar-refractivity contribution in [3.63, 3.8) is 0 Å². The van der Waals surface area contributed by atoms with Gasteiger partial charge in [0.2, 0.25) is 5.67 Å². The van der Waals surface area contributed by atoms with Crippen LogP contribution in [-0.2, 0) is 11.3 Å². The van der Waals surface area contributed by atoms with E-state index in [4.69, 9.17) is 0 Å². The fourth-order valence-corrected chi connectivity index (χ4v) is 2.19. The van der Waals surface area contributed by atoms with Crippen molar-refractivity contribution in [2.45, 2.75) is 18.6 Å². The van der Waals surface area contributed by atoms with E-state index in [-0.39, 0.29) is 19.5 Å². The summed E-state index contributed by atoms with van der Waals surface area (Å²) in [6.45, 7) is 0.488. The van der Waals surface area contributed by atoms with Crippen molar-refractivity contribution in [1.29, 1.82) is 0 Å². The molecule has 2 N–H and O–H groups in total. The zero-order chi connectivity index (χ0) is 13.2. The van der Waals surface area contributed by atoms with E-state index in [9.17, 15) is 13.6 Å². The molecule has 1 aliphatic rings. The number of nitrogens with one attached hydrogen (secondary N) is 2. The first kappa shape index (κ1) is 13.4. The van der Waals surface area contributed by atoms with Crippen LogP contribution in [0.25, 0.3) is 0 Å². The van der Waals surface area contributed by atoms with E-state index in [0.717, 1.165) is 0 Å². The van der Waals surface area contributed by atoms with Crippen molar-refractivity contribution in [1.82, 2.24) is 10.6 Å². The van der Waals surface area contributed by atoms with Crippen molar-refractivity contribution < 1.29 is 13.6 Å². The molecule has 1 aromatic rings. The van der Waals surface area contributed by atoms with Crippen LogP contribution in [0.4, 0.5) is 8.78 Å². The van der Waals surface area contributed by atoms with Crippen molar-refractivity contribution >= 4 is 21.8 Å². The van der Waals surface area contributed by atoms with Gasteiger partial charge in [0.1, 0.15) is 5.82 Å². The Morgan fingerprint density at radius 3 is 2.94 bits per heavy atom. The fourth-order valence-electron chi connectivity index (χ4n) is 1.85. The summed E-state index contributed by atoms with van der Waals surface area (Å²) in [6, 6.07) is 4.54.